The molecule has 0 fully saturated rings. The number of nitrogens with one attached hydrogen (secondary N) is 1. The first-order valence-corrected chi connectivity index (χ1v) is 16.0. The number of nitrogens with zero attached hydrogens (tertiary/aromatic N) is 2. The van der Waals surface area contributed by atoms with E-state index in [2.05, 4.69) is 21.2 Å². The fourth-order valence-electron chi connectivity index (χ4n) is 4.51. The minimum atomic E-state index is -4.17. The summed E-state index contributed by atoms with van der Waals surface area (Å²) < 4.78 is 29.8. The van der Waals surface area contributed by atoms with Crippen LogP contribution in [0, 0.1) is 0 Å². The van der Waals surface area contributed by atoms with Gasteiger partial charge in [0.05, 0.1) is 10.6 Å². The van der Waals surface area contributed by atoms with Crippen LogP contribution in [0.3, 0.4) is 0 Å². The number of carbonyl (C=O) groups is 2. The molecule has 0 aliphatic heterocycles. The summed E-state index contributed by atoms with van der Waals surface area (Å²) in [6, 6.07) is 30.2. The Labute approximate surface area is 260 Å². The third-order valence-electron chi connectivity index (χ3n) is 6.59. The third kappa shape index (κ3) is 8.00. The van der Waals surface area contributed by atoms with Crippen LogP contribution in [-0.4, -0.2) is 44.3 Å². The van der Waals surface area contributed by atoms with E-state index in [-0.39, 0.29) is 29.5 Å². The van der Waals surface area contributed by atoms with Gasteiger partial charge in [0.2, 0.25) is 11.8 Å². The number of halogens is 2. The van der Waals surface area contributed by atoms with E-state index >= 15 is 0 Å². The number of rotatable bonds is 12. The van der Waals surface area contributed by atoms with E-state index in [0.29, 0.717) is 11.6 Å². The van der Waals surface area contributed by atoms with Crippen LogP contribution >= 0.6 is 27.5 Å². The highest BCUT2D eigenvalue weighted by Crippen LogP contribution is 2.27. The van der Waals surface area contributed by atoms with E-state index in [1.807, 2.05) is 61.5 Å². The average Bonchev–Trinajstić information content (AvgIpc) is 2.99. The summed E-state index contributed by atoms with van der Waals surface area (Å²) in [5, 5.41) is 3.18. The zero-order valence-corrected chi connectivity index (χ0v) is 26.1. The van der Waals surface area contributed by atoms with Crippen molar-refractivity contribution >= 4 is 55.1 Å². The van der Waals surface area contributed by atoms with Crippen molar-refractivity contribution in [3.8, 4) is 0 Å². The molecule has 4 aromatic carbocycles. The molecule has 2 amide bonds. The van der Waals surface area contributed by atoms with Gasteiger partial charge in [0.25, 0.3) is 10.0 Å². The van der Waals surface area contributed by atoms with Gasteiger partial charge >= 0.3 is 0 Å². The maximum Gasteiger partial charge on any atom is 0.264 e. The van der Waals surface area contributed by atoms with Crippen LogP contribution in [-0.2, 0) is 32.6 Å². The molecule has 1 atom stereocenters. The number of benzene rings is 4. The summed E-state index contributed by atoms with van der Waals surface area (Å²) in [4.78, 5) is 29.3. The molecule has 10 heteroatoms. The molecule has 4 rings (SSSR count). The van der Waals surface area contributed by atoms with Crippen molar-refractivity contribution in [2.75, 3.05) is 17.4 Å². The van der Waals surface area contributed by atoms with E-state index in [0.717, 1.165) is 19.9 Å². The lowest BCUT2D eigenvalue weighted by Gasteiger charge is -2.34. The van der Waals surface area contributed by atoms with Crippen molar-refractivity contribution in [1.82, 2.24) is 10.2 Å². The number of hydrogen-bond acceptors (Lipinski definition) is 4. The lowest BCUT2D eigenvalue weighted by atomic mass is 10.0. The number of carbonyl (C=O) groups excluding carboxylic acids is 2. The molecule has 42 heavy (non-hydrogen) atoms. The smallest absolute Gasteiger partial charge is 0.264 e. The first-order chi connectivity index (χ1) is 20.2. The molecule has 0 aliphatic rings. The SMILES string of the molecule is CCNC(=O)C(Cc1ccccc1)N(Cc1ccc(Br)cc1)C(=O)CN(c1cccc(Cl)c1)S(=O)(=O)c1ccccc1. The van der Waals surface area contributed by atoms with Crippen LogP contribution in [0.15, 0.2) is 119 Å². The van der Waals surface area contributed by atoms with Crippen LogP contribution < -0.4 is 9.62 Å². The second-order valence-corrected chi connectivity index (χ2v) is 12.8. The van der Waals surface area contributed by atoms with Crippen molar-refractivity contribution in [1.29, 1.82) is 0 Å². The molecule has 0 spiro atoms. The number of anilines is 1. The third-order valence-corrected chi connectivity index (χ3v) is 9.15. The summed E-state index contributed by atoms with van der Waals surface area (Å²) in [6.07, 6.45) is 0.248. The standard InChI is InChI=1S/C32H31BrClN3O4S/c1-2-35-32(39)30(20-24-10-5-3-6-11-24)36(22-25-16-18-26(33)19-17-25)31(38)23-37(28-13-9-12-27(34)21-28)42(40,41)29-14-7-4-8-15-29/h3-19,21,30H,2,20,22-23H2,1H3,(H,35,39). The summed E-state index contributed by atoms with van der Waals surface area (Å²) >= 11 is 9.68. The molecule has 7 nitrogen and oxygen atoms in total. The van der Waals surface area contributed by atoms with E-state index < -0.39 is 28.5 Å². The summed E-state index contributed by atoms with van der Waals surface area (Å²) in [7, 11) is -4.17. The Morgan fingerprint density at radius 3 is 2.12 bits per heavy atom. The summed E-state index contributed by atoms with van der Waals surface area (Å²) in [5.74, 6) is -0.864. The minimum absolute atomic E-state index is 0.0294. The Hall–Kier alpha value is -3.66. The van der Waals surface area contributed by atoms with E-state index in [4.69, 9.17) is 11.6 Å². The topological polar surface area (TPSA) is 86.8 Å². The number of hydrogen-bond donors (Lipinski definition) is 1. The van der Waals surface area contributed by atoms with Gasteiger partial charge in [-0.05, 0) is 60.5 Å². The van der Waals surface area contributed by atoms with Crippen LogP contribution in [0.5, 0.6) is 0 Å². The van der Waals surface area contributed by atoms with Gasteiger partial charge in [-0.1, -0.05) is 94.3 Å². The lowest BCUT2D eigenvalue weighted by molar-refractivity contribution is -0.140. The fourth-order valence-corrected chi connectivity index (χ4v) is 6.39. The molecule has 1 N–H and O–H groups in total. The quantitative estimate of drug-likeness (QED) is 0.199. The molecule has 1 unspecified atom stereocenters. The lowest BCUT2D eigenvalue weighted by Crippen LogP contribution is -2.53. The van der Waals surface area contributed by atoms with Gasteiger partial charge in [-0.15, -0.1) is 0 Å². The van der Waals surface area contributed by atoms with Gasteiger partial charge in [0.1, 0.15) is 12.6 Å². The zero-order valence-electron chi connectivity index (χ0n) is 23.0. The van der Waals surface area contributed by atoms with Gasteiger partial charge in [-0.3, -0.25) is 13.9 Å². The Kier molecular flexibility index (Phi) is 10.8. The van der Waals surface area contributed by atoms with Crippen LogP contribution in [0.1, 0.15) is 18.1 Å². The highest BCUT2D eigenvalue weighted by molar-refractivity contribution is 9.10. The van der Waals surface area contributed by atoms with Crippen LogP contribution in [0.2, 0.25) is 5.02 Å². The van der Waals surface area contributed by atoms with Gasteiger partial charge in [-0.25, -0.2) is 8.42 Å². The van der Waals surface area contributed by atoms with E-state index in [9.17, 15) is 18.0 Å². The Bertz CT molecular complexity index is 1600. The Morgan fingerprint density at radius 2 is 1.50 bits per heavy atom. The molecule has 0 radical (unpaired) electrons. The highest BCUT2D eigenvalue weighted by Gasteiger charge is 2.34. The molecular formula is C32H31BrClN3O4S. The molecular weight excluding hydrogens is 638 g/mol. The van der Waals surface area contributed by atoms with E-state index in [1.165, 1.54) is 23.1 Å². The van der Waals surface area contributed by atoms with Crippen molar-refractivity contribution in [3.05, 3.63) is 130 Å². The molecule has 0 heterocycles. The normalized spacial score (nSPS) is 11.9. The van der Waals surface area contributed by atoms with Gasteiger partial charge in [0, 0.05) is 29.0 Å². The summed E-state index contributed by atoms with van der Waals surface area (Å²) in [6.45, 7) is 1.74. The number of sulfonamides is 1. The minimum Gasteiger partial charge on any atom is -0.355 e. The monoisotopic (exact) mass is 667 g/mol. The number of likely N-dealkylation sites (N-methyl/N-ethyl adjacent to an activating group) is 1. The Balaban J connectivity index is 1.78. The zero-order chi connectivity index (χ0) is 30.1. The predicted molar refractivity (Wildman–Crippen MR) is 170 cm³/mol. The summed E-state index contributed by atoms with van der Waals surface area (Å²) in [5.41, 5.74) is 1.89. The van der Waals surface area contributed by atoms with Gasteiger partial charge in [-0.2, -0.15) is 0 Å². The fraction of sp³-hybridized carbons (Fsp3) is 0.188. The molecule has 0 aromatic heterocycles. The van der Waals surface area contributed by atoms with Gasteiger partial charge < -0.3 is 10.2 Å². The molecule has 0 saturated heterocycles. The van der Waals surface area contributed by atoms with Gasteiger partial charge in [0.15, 0.2) is 0 Å². The second kappa shape index (κ2) is 14.5. The van der Waals surface area contributed by atoms with Crippen molar-refractivity contribution in [2.45, 2.75) is 30.8 Å². The number of amides is 2. The molecule has 4 aromatic rings. The molecule has 218 valence electrons. The maximum absolute atomic E-state index is 14.3. The largest absolute Gasteiger partial charge is 0.355 e. The molecule has 0 aliphatic carbocycles. The second-order valence-electron chi connectivity index (χ2n) is 9.55. The van der Waals surface area contributed by atoms with Crippen LogP contribution in [0.25, 0.3) is 0 Å². The average molecular weight is 669 g/mol. The first-order valence-electron chi connectivity index (χ1n) is 13.4. The van der Waals surface area contributed by atoms with E-state index in [1.54, 1.807) is 36.4 Å². The first kappa shape index (κ1) is 31.3. The van der Waals surface area contributed by atoms with Crippen LogP contribution in [0.4, 0.5) is 5.69 Å². The van der Waals surface area contributed by atoms with Crippen molar-refractivity contribution in [2.24, 2.45) is 0 Å². The molecule has 0 saturated carbocycles. The molecule has 0 bridgehead atoms. The predicted octanol–water partition coefficient (Wildman–Crippen LogP) is 6.07. The van der Waals surface area contributed by atoms with Crippen molar-refractivity contribution < 1.29 is 18.0 Å². The van der Waals surface area contributed by atoms with Crippen molar-refractivity contribution in [3.63, 3.8) is 0 Å². The highest BCUT2D eigenvalue weighted by atomic mass is 79.9. The maximum atomic E-state index is 14.3. The Morgan fingerprint density at radius 1 is 0.857 bits per heavy atom.